The molecule has 0 aromatic carbocycles. The van der Waals surface area contributed by atoms with Crippen LogP contribution in [0.1, 0.15) is 10.5 Å². The lowest BCUT2D eigenvalue weighted by Crippen LogP contribution is -2.50. The van der Waals surface area contributed by atoms with Gasteiger partial charge in [-0.15, -0.1) is 0 Å². The van der Waals surface area contributed by atoms with Crippen LogP contribution < -0.4 is 0 Å². The van der Waals surface area contributed by atoms with Crippen LogP contribution >= 0.6 is 0 Å². The number of alkyl halides is 3. The van der Waals surface area contributed by atoms with Gasteiger partial charge in [-0.3, -0.25) is 14.6 Å². The van der Waals surface area contributed by atoms with Gasteiger partial charge in [-0.2, -0.15) is 13.2 Å². The van der Waals surface area contributed by atoms with Crippen molar-refractivity contribution in [3.8, 4) is 0 Å². The van der Waals surface area contributed by atoms with E-state index in [9.17, 15) is 18.0 Å². The third kappa shape index (κ3) is 4.36. The second kappa shape index (κ2) is 5.75. The van der Waals surface area contributed by atoms with Crippen molar-refractivity contribution in [1.82, 2.24) is 14.8 Å². The van der Waals surface area contributed by atoms with Crippen molar-refractivity contribution in [2.45, 2.75) is 6.18 Å². The zero-order valence-corrected chi connectivity index (χ0v) is 10.4. The maximum absolute atomic E-state index is 12.2. The minimum Gasteiger partial charge on any atom is -0.359 e. The third-order valence-corrected chi connectivity index (χ3v) is 3.13. The van der Waals surface area contributed by atoms with Gasteiger partial charge in [-0.25, -0.2) is 0 Å². The maximum Gasteiger partial charge on any atom is 0.401 e. The number of hydrogen-bond donors (Lipinski definition) is 1. The summed E-state index contributed by atoms with van der Waals surface area (Å²) in [6.07, 6.45) is -2.48. The van der Waals surface area contributed by atoms with Crippen molar-refractivity contribution in [3.05, 3.63) is 24.0 Å². The van der Waals surface area contributed by atoms with Crippen LogP contribution in [-0.4, -0.2) is 66.0 Å². The first-order valence-corrected chi connectivity index (χ1v) is 6.12. The summed E-state index contributed by atoms with van der Waals surface area (Å²) in [6, 6.07) is 3.44. The summed E-state index contributed by atoms with van der Waals surface area (Å²) in [5.41, 5.74) is 0.540. The Hall–Kier alpha value is -1.34. The minimum absolute atomic E-state index is 0.0331. The summed E-state index contributed by atoms with van der Waals surface area (Å²) >= 11 is 0. The van der Waals surface area contributed by atoms with E-state index < -0.39 is 12.7 Å². The van der Waals surface area contributed by atoms with Gasteiger partial charge in [-0.1, -0.05) is 0 Å². The van der Waals surface area contributed by atoms with Gasteiger partial charge >= 0.3 is 6.18 Å². The average Bonchev–Trinajstić information content (AvgIpc) is 2.83. The van der Waals surface area contributed by atoms with Crippen molar-refractivity contribution in [2.24, 2.45) is 0 Å². The van der Waals surface area contributed by atoms with Crippen LogP contribution in [0.3, 0.4) is 0 Å². The van der Waals surface area contributed by atoms with Crippen LogP contribution in [0.4, 0.5) is 13.2 Å². The molecule has 106 valence electrons. The summed E-state index contributed by atoms with van der Waals surface area (Å²) in [6.45, 7) is 1.05. The molecule has 7 heteroatoms. The number of carbonyl (C=O) groups is 1. The smallest absolute Gasteiger partial charge is 0.359 e. The second-order valence-electron chi connectivity index (χ2n) is 4.67. The topological polar surface area (TPSA) is 39.3 Å². The number of nitrogens with one attached hydrogen (secondary N) is 1. The van der Waals surface area contributed by atoms with E-state index in [0.717, 1.165) is 0 Å². The Morgan fingerprint density at radius 3 is 2.37 bits per heavy atom. The summed E-state index contributed by atoms with van der Waals surface area (Å²) in [7, 11) is 0. The number of ketones is 1. The van der Waals surface area contributed by atoms with Gasteiger partial charge in [0.1, 0.15) is 0 Å². The molecule has 1 N–H and O–H groups in total. The first-order valence-electron chi connectivity index (χ1n) is 6.12. The van der Waals surface area contributed by atoms with E-state index in [2.05, 4.69) is 4.98 Å². The zero-order chi connectivity index (χ0) is 13.9. The van der Waals surface area contributed by atoms with Crippen LogP contribution in [0.5, 0.6) is 0 Å². The highest BCUT2D eigenvalue weighted by atomic mass is 19.4. The number of nitrogens with zero attached hydrogens (tertiary/aromatic N) is 2. The van der Waals surface area contributed by atoms with Crippen LogP contribution in [0.25, 0.3) is 0 Å². The summed E-state index contributed by atoms with van der Waals surface area (Å²) < 4.78 is 36.7. The van der Waals surface area contributed by atoms with Gasteiger partial charge in [0.2, 0.25) is 0 Å². The molecule has 0 aliphatic carbocycles. The molecule has 4 nitrogen and oxygen atoms in total. The fourth-order valence-electron chi connectivity index (χ4n) is 2.15. The number of Topliss-reactive ketones (excluding diaryl/α,β-unsaturated/α-hetero) is 1. The van der Waals surface area contributed by atoms with Gasteiger partial charge < -0.3 is 4.98 Å². The van der Waals surface area contributed by atoms with E-state index in [1.54, 1.807) is 18.3 Å². The van der Waals surface area contributed by atoms with Crippen molar-refractivity contribution < 1.29 is 18.0 Å². The van der Waals surface area contributed by atoms with Crippen molar-refractivity contribution in [2.75, 3.05) is 39.3 Å². The number of aromatic nitrogens is 1. The number of rotatable bonds is 4. The Kier molecular flexibility index (Phi) is 4.26. The lowest BCUT2D eigenvalue weighted by atomic mass is 10.2. The number of hydrogen-bond acceptors (Lipinski definition) is 3. The second-order valence-corrected chi connectivity index (χ2v) is 4.67. The summed E-state index contributed by atoms with van der Waals surface area (Å²) in [5.74, 6) is -0.0331. The highest BCUT2D eigenvalue weighted by Crippen LogP contribution is 2.17. The molecule has 1 saturated heterocycles. The maximum atomic E-state index is 12.2. The molecule has 19 heavy (non-hydrogen) atoms. The van der Waals surface area contributed by atoms with Gasteiger partial charge in [0.25, 0.3) is 0 Å². The van der Waals surface area contributed by atoms with Crippen molar-refractivity contribution >= 4 is 5.78 Å². The molecule has 0 atom stereocenters. The lowest BCUT2D eigenvalue weighted by molar-refractivity contribution is -0.149. The van der Waals surface area contributed by atoms with Crippen LogP contribution in [0.15, 0.2) is 18.3 Å². The van der Waals surface area contributed by atoms with Crippen LogP contribution in [0, 0.1) is 0 Å². The number of halogens is 3. The van der Waals surface area contributed by atoms with Gasteiger partial charge in [-0.05, 0) is 12.1 Å². The van der Waals surface area contributed by atoms with E-state index in [1.165, 1.54) is 4.90 Å². The quantitative estimate of drug-likeness (QED) is 0.844. The van der Waals surface area contributed by atoms with E-state index >= 15 is 0 Å². The molecule has 0 radical (unpaired) electrons. The fraction of sp³-hybridized carbons (Fsp3) is 0.583. The zero-order valence-electron chi connectivity index (χ0n) is 10.4. The van der Waals surface area contributed by atoms with Gasteiger partial charge in [0.15, 0.2) is 5.78 Å². The number of carbonyl (C=O) groups excluding carboxylic acids is 1. The van der Waals surface area contributed by atoms with Gasteiger partial charge in [0, 0.05) is 32.4 Å². The highest BCUT2D eigenvalue weighted by Gasteiger charge is 2.32. The molecule has 1 aromatic rings. The third-order valence-electron chi connectivity index (χ3n) is 3.13. The summed E-state index contributed by atoms with van der Waals surface area (Å²) in [5, 5.41) is 0. The first-order chi connectivity index (χ1) is 8.94. The Labute approximate surface area is 109 Å². The molecule has 0 amide bonds. The number of H-pyrrole nitrogens is 1. The summed E-state index contributed by atoms with van der Waals surface area (Å²) in [4.78, 5) is 17.9. The Balaban J connectivity index is 1.76. The van der Waals surface area contributed by atoms with Gasteiger partial charge in [0.05, 0.1) is 18.8 Å². The molecule has 1 fully saturated rings. The standard InChI is InChI=1S/C12H16F3N3O/c13-12(14,15)9-18-6-4-17(5-7-18)8-11(19)10-2-1-3-16-10/h1-3,16H,4-9H2. The SMILES string of the molecule is O=C(CN1CCN(CC(F)(F)F)CC1)c1ccc[nH]1. The monoisotopic (exact) mass is 275 g/mol. The van der Waals surface area contributed by atoms with E-state index in [1.807, 2.05) is 4.90 Å². The van der Waals surface area contributed by atoms with Crippen LogP contribution in [-0.2, 0) is 0 Å². The molecule has 0 saturated carbocycles. The van der Waals surface area contributed by atoms with Crippen LogP contribution in [0.2, 0.25) is 0 Å². The number of aromatic amines is 1. The fourth-order valence-corrected chi connectivity index (χ4v) is 2.15. The Morgan fingerprint density at radius 1 is 1.21 bits per heavy atom. The molecular weight excluding hydrogens is 259 g/mol. The minimum atomic E-state index is -4.15. The van der Waals surface area contributed by atoms with E-state index in [4.69, 9.17) is 0 Å². The Morgan fingerprint density at radius 2 is 1.84 bits per heavy atom. The largest absolute Gasteiger partial charge is 0.401 e. The Bertz CT molecular complexity index is 408. The van der Waals surface area contributed by atoms with E-state index in [0.29, 0.717) is 31.9 Å². The van der Waals surface area contributed by atoms with Crippen molar-refractivity contribution in [3.63, 3.8) is 0 Å². The predicted molar refractivity (Wildman–Crippen MR) is 64.1 cm³/mol. The molecule has 1 aliphatic heterocycles. The number of piperazine rings is 1. The molecule has 0 bridgehead atoms. The van der Waals surface area contributed by atoms with E-state index in [-0.39, 0.29) is 12.3 Å². The molecular formula is C12H16F3N3O. The molecule has 1 aromatic heterocycles. The normalized spacial score (nSPS) is 18.7. The molecule has 2 heterocycles. The highest BCUT2D eigenvalue weighted by molar-refractivity contribution is 5.95. The first kappa shape index (κ1) is 14.1. The molecule has 2 rings (SSSR count). The molecule has 0 spiro atoms. The predicted octanol–water partition coefficient (Wildman–Crippen LogP) is 1.38. The average molecular weight is 275 g/mol. The molecule has 1 aliphatic rings. The van der Waals surface area contributed by atoms with Crippen molar-refractivity contribution in [1.29, 1.82) is 0 Å². The lowest BCUT2D eigenvalue weighted by Gasteiger charge is -2.34. The molecule has 0 unspecified atom stereocenters.